The Hall–Kier alpha value is -4.13. The maximum atomic E-state index is 13.1. The highest BCUT2D eigenvalue weighted by molar-refractivity contribution is 6.46. The number of hydrogen-bond acceptors (Lipinski definition) is 6. The number of carbonyl (C=O) groups is 3. The van der Waals surface area contributed by atoms with Crippen LogP contribution < -0.4 is 0 Å². The summed E-state index contributed by atoms with van der Waals surface area (Å²) < 4.78 is 10.1. The van der Waals surface area contributed by atoms with Crippen LogP contribution in [0.3, 0.4) is 0 Å². The number of aliphatic hydroxyl groups excluding tert-OH is 1. The molecule has 1 amide bonds. The number of rotatable bonds is 5. The van der Waals surface area contributed by atoms with Crippen molar-refractivity contribution < 1.29 is 28.6 Å². The Morgan fingerprint density at radius 1 is 1.09 bits per heavy atom. The van der Waals surface area contributed by atoms with Crippen LogP contribution in [0.25, 0.3) is 5.76 Å². The zero-order chi connectivity index (χ0) is 23.7. The van der Waals surface area contributed by atoms with E-state index in [9.17, 15) is 19.5 Å². The quantitative estimate of drug-likeness (QED) is 0.272. The number of furan rings is 1. The zero-order valence-corrected chi connectivity index (χ0v) is 18.5. The number of Topliss-reactive ketones (excluding diaryl/α,β-unsaturated/α-hetero) is 1. The average Bonchev–Trinajstić information content (AvgIpc) is 3.42. The Morgan fingerprint density at radius 2 is 1.82 bits per heavy atom. The van der Waals surface area contributed by atoms with Gasteiger partial charge in [-0.25, -0.2) is 4.79 Å². The Balaban J connectivity index is 1.88. The molecule has 2 heterocycles. The highest BCUT2D eigenvalue weighted by atomic mass is 16.5. The van der Waals surface area contributed by atoms with Gasteiger partial charge in [0, 0.05) is 5.56 Å². The molecule has 1 fully saturated rings. The first-order chi connectivity index (χ1) is 15.8. The van der Waals surface area contributed by atoms with Crippen LogP contribution in [-0.4, -0.2) is 34.8 Å². The SMILES string of the molecule is COC(=O)c1ccc(C2C(=C(O)c3cc(C)ccc3C)C(=O)C(=O)N2Cc2ccco2)cc1. The van der Waals surface area contributed by atoms with Crippen molar-refractivity contribution >= 4 is 23.4 Å². The second kappa shape index (κ2) is 8.78. The molecule has 7 nitrogen and oxygen atoms in total. The van der Waals surface area contributed by atoms with Gasteiger partial charge in [0.15, 0.2) is 0 Å². The van der Waals surface area contributed by atoms with Crippen LogP contribution >= 0.6 is 0 Å². The third kappa shape index (κ3) is 4.05. The minimum atomic E-state index is -0.860. The van der Waals surface area contributed by atoms with Crippen LogP contribution in [0, 0.1) is 13.8 Å². The second-order valence-corrected chi connectivity index (χ2v) is 7.94. The fraction of sp³-hybridized carbons (Fsp3) is 0.192. The molecular formula is C26H23NO6. The number of amides is 1. The molecule has 1 aromatic heterocycles. The number of methoxy groups -OCH3 is 1. The fourth-order valence-corrected chi connectivity index (χ4v) is 4.02. The van der Waals surface area contributed by atoms with E-state index in [1.165, 1.54) is 18.3 Å². The topological polar surface area (TPSA) is 97.0 Å². The number of ketones is 1. The second-order valence-electron chi connectivity index (χ2n) is 7.94. The van der Waals surface area contributed by atoms with E-state index in [0.717, 1.165) is 11.1 Å². The molecule has 4 rings (SSSR count). The number of likely N-dealkylation sites (tertiary alicyclic amines) is 1. The van der Waals surface area contributed by atoms with Crippen molar-refractivity contribution in [2.24, 2.45) is 0 Å². The molecule has 0 saturated carbocycles. The van der Waals surface area contributed by atoms with Crippen molar-refractivity contribution in [3.05, 3.63) is 100 Å². The standard InChI is InChI=1S/C26H23NO6/c1-15-6-7-16(2)20(13-15)23(28)21-22(17-8-10-18(11-9-17)26(31)32-3)27(25(30)24(21)29)14-19-5-4-12-33-19/h4-13,22,28H,14H2,1-3H3. The molecule has 7 heteroatoms. The summed E-state index contributed by atoms with van der Waals surface area (Å²) in [6.07, 6.45) is 1.49. The normalized spacial score (nSPS) is 17.4. The van der Waals surface area contributed by atoms with E-state index in [1.807, 2.05) is 26.0 Å². The van der Waals surface area contributed by atoms with Crippen LogP contribution in [0.5, 0.6) is 0 Å². The van der Waals surface area contributed by atoms with Gasteiger partial charge in [-0.2, -0.15) is 0 Å². The van der Waals surface area contributed by atoms with Gasteiger partial charge in [-0.15, -0.1) is 0 Å². The van der Waals surface area contributed by atoms with Gasteiger partial charge >= 0.3 is 5.97 Å². The van der Waals surface area contributed by atoms with Crippen molar-refractivity contribution in [3.8, 4) is 0 Å². The first-order valence-corrected chi connectivity index (χ1v) is 10.4. The predicted octanol–water partition coefficient (Wildman–Crippen LogP) is 4.30. The number of esters is 1. The van der Waals surface area contributed by atoms with Crippen molar-refractivity contribution in [1.82, 2.24) is 4.90 Å². The van der Waals surface area contributed by atoms with E-state index >= 15 is 0 Å². The Morgan fingerprint density at radius 3 is 2.45 bits per heavy atom. The molecule has 3 aromatic rings. The van der Waals surface area contributed by atoms with E-state index in [4.69, 9.17) is 9.15 Å². The highest BCUT2D eigenvalue weighted by Crippen LogP contribution is 2.41. The number of hydrogen-bond donors (Lipinski definition) is 1. The number of aliphatic hydroxyl groups is 1. The minimum Gasteiger partial charge on any atom is -0.507 e. The Kier molecular flexibility index (Phi) is 5.87. The Bertz CT molecular complexity index is 1250. The maximum absolute atomic E-state index is 13.1. The summed E-state index contributed by atoms with van der Waals surface area (Å²) in [6.45, 7) is 3.76. The van der Waals surface area contributed by atoms with Crippen molar-refractivity contribution in [2.75, 3.05) is 7.11 Å². The average molecular weight is 445 g/mol. The summed E-state index contributed by atoms with van der Waals surface area (Å²) in [6, 6.07) is 14.5. The van der Waals surface area contributed by atoms with Gasteiger partial charge in [0.1, 0.15) is 11.5 Å². The minimum absolute atomic E-state index is 0.00826. The largest absolute Gasteiger partial charge is 0.507 e. The zero-order valence-electron chi connectivity index (χ0n) is 18.5. The molecule has 0 radical (unpaired) electrons. The van der Waals surface area contributed by atoms with E-state index in [1.54, 1.807) is 42.5 Å². The summed E-state index contributed by atoms with van der Waals surface area (Å²) in [4.78, 5) is 39.4. The van der Waals surface area contributed by atoms with Crippen LogP contribution in [-0.2, 0) is 20.9 Å². The van der Waals surface area contributed by atoms with E-state index in [0.29, 0.717) is 22.5 Å². The van der Waals surface area contributed by atoms with Gasteiger partial charge in [-0.05, 0) is 55.3 Å². The molecular weight excluding hydrogens is 422 g/mol. The van der Waals surface area contributed by atoms with Gasteiger partial charge in [0.2, 0.25) is 0 Å². The molecule has 0 spiro atoms. The third-order valence-corrected chi connectivity index (χ3v) is 5.74. The van der Waals surface area contributed by atoms with Crippen LogP contribution in [0.15, 0.2) is 70.9 Å². The molecule has 2 aromatic carbocycles. The molecule has 168 valence electrons. The summed E-state index contributed by atoms with van der Waals surface area (Å²) in [5.41, 5.74) is 3.06. The summed E-state index contributed by atoms with van der Waals surface area (Å²) in [5.74, 6) is -1.75. The first kappa shape index (κ1) is 22.1. The van der Waals surface area contributed by atoms with Gasteiger partial charge in [0.05, 0.1) is 37.1 Å². The van der Waals surface area contributed by atoms with Gasteiger partial charge in [-0.3, -0.25) is 9.59 Å². The van der Waals surface area contributed by atoms with Crippen molar-refractivity contribution in [2.45, 2.75) is 26.4 Å². The van der Waals surface area contributed by atoms with Crippen molar-refractivity contribution in [1.29, 1.82) is 0 Å². The molecule has 1 aliphatic heterocycles. The smallest absolute Gasteiger partial charge is 0.337 e. The van der Waals surface area contributed by atoms with Crippen LogP contribution in [0.1, 0.15) is 44.4 Å². The number of benzene rings is 2. The van der Waals surface area contributed by atoms with Crippen LogP contribution in [0.4, 0.5) is 0 Å². The van der Waals surface area contributed by atoms with Gasteiger partial charge in [0.25, 0.3) is 11.7 Å². The molecule has 1 N–H and O–H groups in total. The molecule has 0 aliphatic carbocycles. The number of carbonyl (C=O) groups excluding carboxylic acids is 3. The number of nitrogens with zero attached hydrogens (tertiary/aromatic N) is 1. The number of ether oxygens (including phenoxy) is 1. The van der Waals surface area contributed by atoms with Crippen LogP contribution in [0.2, 0.25) is 0 Å². The summed E-state index contributed by atoms with van der Waals surface area (Å²) in [7, 11) is 1.29. The first-order valence-electron chi connectivity index (χ1n) is 10.4. The van der Waals surface area contributed by atoms with Gasteiger partial charge < -0.3 is 19.2 Å². The molecule has 1 saturated heterocycles. The molecule has 0 bridgehead atoms. The molecule has 33 heavy (non-hydrogen) atoms. The van der Waals surface area contributed by atoms with E-state index in [-0.39, 0.29) is 17.9 Å². The lowest BCUT2D eigenvalue weighted by Crippen LogP contribution is -2.29. The van der Waals surface area contributed by atoms with E-state index in [2.05, 4.69) is 0 Å². The molecule has 1 aliphatic rings. The lowest BCUT2D eigenvalue weighted by atomic mass is 9.93. The van der Waals surface area contributed by atoms with E-state index < -0.39 is 23.7 Å². The number of aryl methyl sites for hydroxylation is 2. The summed E-state index contributed by atoms with van der Waals surface area (Å²) in [5, 5.41) is 11.3. The van der Waals surface area contributed by atoms with Gasteiger partial charge in [-0.1, -0.05) is 29.8 Å². The highest BCUT2D eigenvalue weighted by Gasteiger charge is 2.46. The lowest BCUT2D eigenvalue weighted by molar-refractivity contribution is -0.140. The summed E-state index contributed by atoms with van der Waals surface area (Å²) >= 11 is 0. The lowest BCUT2D eigenvalue weighted by Gasteiger charge is -2.24. The fourth-order valence-electron chi connectivity index (χ4n) is 4.02. The predicted molar refractivity (Wildman–Crippen MR) is 120 cm³/mol. The third-order valence-electron chi connectivity index (χ3n) is 5.74. The monoisotopic (exact) mass is 445 g/mol. The maximum Gasteiger partial charge on any atom is 0.337 e. The molecule has 1 atom stereocenters. The Labute approximate surface area is 190 Å². The molecule has 1 unspecified atom stereocenters. The van der Waals surface area contributed by atoms with Crippen molar-refractivity contribution in [3.63, 3.8) is 0 Å².